The van der Waals surface area contributed by atoms with E-state index in [4.69, 9.17) is 0 Å². The molecule has 0 aliphatic rings. The molecule has 0 saturated carbocycles. The summed E-state index contributed by atoms with van der Waals surface area (Å²) in [5, 5.41) is 0. The van der Waals surface area contributed by atoms with Crippen molar-refractivity contribution in [3.63, 3.8) is 0 Å². The van der Waals surface area contributed by atoms with Gasteiger partial charge in [0.1, 0.15) is 5.82 Å². The zero-order valence-electron chi connectivity index (χ0n) is 9.43. The van der Waals surface area contributed by atoms with Crippen LogP contribution in [-0.4, -0.2) is 9.97 Å². The number of H-pyrrole nitrogens is 2. The van der Waals surface area contributed by atoms with Crippen LogP contribution in [0.1, 0.15) is 0 Å². The van der Waals surface area contributed by atoms with Crippen molar-refractivity contribution in [1.29, 1.82) is 0 Å². The van der Waals surface area contributed by atoms with Gasteiger partial charge in [-0.2, -0.15) is 0 Å². The number of fused-ring (bicyclic) bond motifs is 1. The lowest BCUT2D eigenvalue weighted by Gasteiger charge is -2.06. The summed E-state index contributed by atoms with van der Waals surface area (Å²) >= 11 is 0. The molecule has 2 aromatic carbocycles. The molecule has 6 heteroatoms. The molecule has 0 unspecified atom stereocenters. The van der Waals surface area contributed by atoms with Crippen molar-refractivity contribution in [1.82, 2.24) is 9.97 Å². The molecule has 3 nitrogen and oxygen atoms in total. The quantitative estimate of drug-likeness (QED) is 0.652. The van der Waals surface area contributed by atoms with Crippen molar-refractivity contribution in [3.05, 3.63) is 58.3 Å². The molecule has 0 aliphatic heterocycles. The first-order chi connectivity index (χ1) is 9.06. The minimum Gasteiger partial charge on any atom is -0.306 e. The van der Waals surface area contributed by atoms with E-state index in [2.05, 4.69) is 9.97 Å². The van der Waals surface area contributed by atoms with Gasteiger partial charge >= 0.3 is 5.69 Å². The van der Waals surface area contributed by atoms with Crippen LogP contribution in [0.25, 0.3) is 22.2 Å². The van der Waals surface area contributed by atoms with E-state index in [1.54, 1.807) is 0 Å². The number of nitrogens with one attached hydrogen (secondary N) is 2. The fourth-order valence-corrected chi connectivity index (χ4v) is 1.98. The molecule has 2 N–H and O–H groups in total. The molecule has 0 fully saturated rings. The Balaban J connectivity index is 2.29. The Hall–Kier alpha value is -2.50. The molecule has 0 radical (unpaired) electrons. The summed E-state index contributed by atoms with van der Waals surface area (Å²) in [5.41, 5.74) is 0.171. The molecule has 1 aromatic heterocycles. The third kappa shape index (κ3) is 1.81. The fourth-order valence-electron chi connectivity index (χ4n) is 1.98. The molecule has 0 spiro atoms. The van der Waals surface area contributed by atoms with Crippen molar-refractivity contribution in [3.8, 4) is 11.1 Å². The van der Waals surface area contributed by atoms with Gasteiger partial charge in [-0.25, -0.2) is 18.0 Å². The van der Waals surface area contributed by atoms with Crippen LogP contribution in [0.3, 0.4) is 0 Å². The van der Waals surface area contributed by atoms with Crippen molar-refractivity contribution in [2.24, 2.45) is 0 Å². The fraction of sp³-hybridized carbons (Fsp3) is 0. The zero-order valence-corrected chi connectivity index (χ0v) is 9.43. The largest absolute Gasteiger partial charge is 0.323 e. The minimum absolute atomic E-state index is 0.150. The molecular formula is C13H7F3N2O. The smallest absolute Gasteiger partial charge is 0.306 e. The van der Waals surface area contributed by atoms with E-state index in [0.29, 0.717) is 11.0 Å². The second kappa shape index (κ2) is 4.01. The van der Waals surface area contributed by atoms with Gasteiger partial charge in [0, 0.05) is 0 Å². The lowest BCUT2D eigenvalue weighted by Crippen LogP contribution is -1.99. The minimum atomic E-state index is -1.25. The van der Waals surface area contributed by atoms with Gasteiger partial charge in [-0.15, -0.1) is 0 Å². The van der Waals surface area contributed by atoms with Crippen LogP contribution in [-0.2, 0) is 0 Å². The summed E-state index contributed by atoms with van der Waals surface area (Å²) < 4.78 is 40.5. The van der Waals surface area contributed by atoms with Crippen LogP contribution in [0.4, 0.5) is 13.2 Å². The average molecular weight is 264 g/mol. The number of benzene rings is 2. The molecule has 0 bridgehead atoms. The van der Waals surface area contributed by atoms with E-state index in [9.17, 15) is 18.0 Å². The van der Waals surface area contributed by atoms with E-state index in [1.807, 2.05) is 0 Å². The Morgan fingerprint density at radius 3 is 2.32 bits per heavy atom. The number of aromatic nitrogens is 2. The van der Waals surface area contributed by atoms with E-state index in [-0.39, 0.29) is 5.56 Å². The Bertz CT molecular complexity index is 836. The third-order valence-corrected chi connectivity index (χ3v) is 2.85. The number of hydrogen-bond acceptors (Lipinski definition) is 1. The Labute approximate surface area is 104 Å². The maximum atomic E-state index is 13.7. The van der Waals surface area contributed by atoms with Crippen LogP contribution in [0.5, 0.6) is 0 Å². The second-order valence-corrected chi connectivity index (χ2v) is 4.06. The van der Waals surface area contributed by atoms with E-state index in [1.165, 1.54) is 18.2 Å². The predicted octanol–water partition coefficient (Wildman–Crippen LogP) is 2.94. The number of aromatic amines is 2. The van der Waals surface area contributed by atoms with Crippen molar-refractivity contribution < 1.29 is 13.2 Å². The number of rotatable bonds is 1. The molecule has 0 amide bonds. The third-order valence-electron chi connectivity index (χ3n) is 2.85. The molecule has 0 aliphatic carbocycles. The number of hydrogen-bond donors (Lipinski definition) is 2. The van der Waals surface area contributed by atoms with Gasteiger partial charge in [0.2, 0.25) is 0 Å². The van der Waals surface area contributed by atoms with Crippen LogP contribution >= 0.6 is 0 Å². The number of imidazole rings is 1. The maximum Gasteiger partial charge on any atom is 0.323 e. The highest BCUT2D eigenvalue weighted by atomic mass is 19.2. The van der Waals surface area contributed by atoms with Gasteiger partial charge in [-0.05, 0) is 29.8 Å². The summed E-state index contributed by atoms with van der Waals surface area (Å²) in [6, 6.07) is 5.87. The lowest BCUT2D eigenvalue weighted by atomic mass is 10.0. The van der Waals surface area contributed by atoms with Crippen LogP contribution in [0.15, 0.2) is 35.1 Å². The first kappa shape index (κ1) is 11.6. The molecule has 96 valence electrons. The Morgan fingerprint density at radius 2 is 1.53 bits per heavy atom. The first-order valence-electron chi connectivity index (χ1n) is 5.42. The van der Waals surface area contributed by atoms with Crippen molar-refractivity contribution in [2.45, 2.75) is 0 Å². The molecule has 1 heterocycles. The first-order valence-corrected chi connectivity index (χ1v) is 5.42. The zero-order chi connectivity index (χ0) is 13.6. The Kier molecular flexibility index (Phi) is 2.45. The average Bonchev–Trinajstić information content (AvgIpc) is 2.74. The normalized spacial score (nSPS) is 11.1. The highest BCUT2D eigenvalue weighted by molar-refractivity contribution is 5.81. The summed E-state index contributed by atoms with van der Waals surface area (Å²) in [5.74, 6) is -3.24. The van der Waals surface area contributed by atoms with Gasteiger partial charge < -0.3 is 9.97 Å². The molecular weight excluding hydrogens is 257 g/mol. The predicted molar refractivity (Wildman–Crippen MR) is 64.2 cm³/mol. The highest BCUT2D eigenvalue weighted by Gasteiger charge is 2.16. The summed E-state index contributed by atoms with van der Waals surface area (Å²) in [7, 11) is 0. The van der Waals surface area contributed by atoms with Gasteiger partial charge in [0.25, 0.3) is 0 Å². The van der Waals surface area contributed by atoms with E-state index < -0.39 is 28.7 Å². The Morgan fingerprint density at radius 1 is 0.842 bits per heavy atom. The van der Waals surface area contributed by atoms with Crippen LogP contribution in [0.2, 0.25) is 0 Å². The maximum absolute atomic E-state index is 13.7. The van der Waals surface area contributed by atoms with Crippen LogP contribution in [0, 0.1) is 17.5 Å². The molecule has 3 rings (SSSR count). The van der Waals surface area contributed by atoms with Gasteiger partial charge in [0.05, 0.1) is 16.6 Å². The molecule has 0 atom stereocenters. The van der Waals surface area contributed by atoms with Crippen molar-refractivity contribution in [2.75, 3.05) is 0 Å². The summed E-state index contributed by atoms with van der Waals surface area (Å²) in [6.45, 7) is 0. The van der Waals surface area contributed by atoms with Gasteiger partial charge in [-0.1, -0.05) is 6.07 Å². The topological polar surface area (TPSA) is 48.6 Å². The number of halogens is 3. The SMILES string of the molecule is O=c1[nH]c2ccc(-c3c(F)ccc(F)c3F)cc2[nH]1. The summed E-state index contributed by atoms with van der Waals surface area (Å²) in [4.78, 5) is 16.1. The van der Waals surface area contributed by atoms with Crippen molar-refractivity contribution >= 4 is 11.0 Å². The molecule has 0 saturated heterocycles. The monoisotopic (exact) mass is 264 g/mol. The van der Waals surface area contributed by atoms with Crippen LogP contribution < -0.4 is 5.69 Å². The van der Waals surface area contributed by atoms with E-state index in [0.717, 1.165) is 12.1 Å². The van der Waals surface area contributed by atoms with Gasteiger partial charge in [0.15, 0.2) is 11.6 Å². The highest BCUT2D eigenvalue weighted by Crippen LogP contribution is 2.29. The standard InChI is InChI=1S/C13H7F3N2O/c14-7-2-3-8(15)12(16)11(7)6-1-4-9-10(5-6)18-13(19)17-9/h1-5H,(H2,17,18,19). The van der Waals surface area contributed by atoms with E-state index >= 15 is 0 Å². The molecule has 3 aromatic rings. The molecule has 19 heavy (non-hydrogen) atoms. The summed E-state index contributed by atoms with van der Waals surface area (Å²) in [6.07, 6.45) is 0. The lowest BCUT2D eigenvalue weighted by molar-refractivity contribution is 0.499. The van der Waals surface area contributed by atoms with Gasteiger partial charge in [-0.3, -0.25) is 0 Å². The second-order valence-electron chi connectivity index (χ2n) is 4.06.